The molecule has 1 aromatic heterocycles. The fraction of sp³-hybridized carbons (Fsp3) is 0.222. The van der Waals surface area contributed by atoms with E-state index in [2.05, 4.69) is 9.46 Å². The minimum Gasteiger partial charge on any atom is -0.465 e. The Hall–Kier alpha value is -2.91. The molecule has 8 nitrogen and oxygen atoms in total. The van der Waals surface area contributed by atoms with Gasteiger partial charge in [0, 0.05) is 5.41 Å². The van der Waals surface area contributed by atoms with Gasteiger partial charge in [-0.05, 0) is 24.6 Å². The van der Waals surface area contributed by atoms with Gasteiger partial charge >= 0.3 is 11.9 Å². The average molecular weight is 393 g/mol. The average Bonchev–Trinajstić information content (AvgIpc) is 3.12. The Balaban J connectivity index is 1.84. The van der Waals surface area contributed by atoms with E-state index >= 15 is 0 Å². The number of carbonyl (C=O) groups excluding carboxylic acids is 2. The van der Waals surface area contributed by atoms with Crippen molar-refractivity contribution in [2.45, 2.75) is 13.5 Å². The van der Waals surface area contributed by atoms with E-state index in [1.807, 2.05) is 19.1 Å². The van der Waals surface area contributed by atoms with Crippen molar-refractivity contribution in [3.63, 3.8) is 0 Å². The van der Waals surface area contributed by atoms with Gasteiger partial charge in [0.1, 0.15) is 18.7 Å². The van der Waals surface area contributed by atoms with Crippen molar-refractivity contribution in [1.29, 1.82) is 0 Å². The van der Waals surface area contributed by atoms with E-state index in [0.717, 1.165) is 11.0 Å². The predicted octanol–water partition coefficient (Wildman–Crippen LogP) is 2.01. The van der Waals surface area contributed by atoms with Crippen LogP contribution in [0.3, 0.4) is 0 Å². The number of methoxy groups -OCH3 is 1. The molecule has 1 N–H and O–H groups in total. The summed E-state index contributed by atoms with van der Waals surface area (Å²) in [5, 5.41) is 0.965. The number of ether oxygens (including phenoxy) is 2. The van der Waals surface area contributed by atoms with Crippen LogP contribution in [0.5, 0.6) is 0 Å². The van der Waals surface area contributed by atoms with Crippen molar-refractivity contribution in [1.82, 2.24) is 4.72 Å². The summed E-state index contributed by atoms with van der Waals surface area (Å²) in [7, 11) is -2.60. The summed E-state index contributed by atoms with van der Waals surface area (Å²) >= 11 is 0. The summed E-state index contributed by atoms with van der Waals surface area (Å²) < 4.78 is 40.4. The monoisotopic (exact) mass is 393 g/mol. The van der Waals surface area contributed by atoms with Gasteiger partial charge in [0.25, 0.3) is 0 Å². The zero-order chi connectivity index (χ0) is 19.9. The van der Waals surface area contributed by atoms with Crippen molar-refractivity contribution >= 4 is 28.0 Å². The lowest BCUT2D eigenvalue weighted by Gasteiger charge is -2.05. The fourth-order valence-corrected chi connectivity index (χ4v) is 2.75. The smallest absolute Gasteiger partial charge is 0.341 e. The van der Waals surface area contributed by atoms with Crippen molar-refractivity contribution in [3.8, 4) is 0 Å². The summed E-state index contributed by atoms with van der Waals surface area (Å²) in [6, 6.07) is 8.64. The van der Waals surface area contributed by atoms with E-state index in [0.29, 0.717) is 5.56 Å². The second-order valence-corrected chi connectivity index (χ2v) is 7.14. The van der Waals surface area contributed by atoms with Gasteiger partial charge in [-0.1, -0.05) is 29.8 Å². The van der Waals surface area contributed by atoms with Crippen LogP contribution in [0.4, 0.5) is 0 Å². The molecule has 0 bridgehead atoms. The lowest BCUT2D eigenvalue weighted by molar-refractivity contribution is -0.144. The molecule has 1 aromatic carbocycles. The van der Waals surface area contributed by atoms with Crippen molar-refractivity contribution in [2.75, 3.05) is 13.7 Å². The highest BCUT2D eigenvalue weighted by Crippen LogP contribution is 2.13. The van der Waals surface area contributed by atoms with Crippen LogP contribution in [0.25, 0.3) is 6.08 Å². The molecule has 0 saturated heterocycles. The van der Waals surface area contributed by atoms with Gasteiger partial charge < -0.3 is 13.9 Å². The number of aryl methyl sites for hydroxylation is 1. The Morgan fingerprint density at radius 1 is 1.19 bits per heavy atom. The zero-order valence-electron chi connectivity index (χ0n) is 14.8. The molecular weight excluding hydrogens is 374 g/mol. The number of rotatable bonds is 8. The maximum atomic E-state index is 11.9. The van der Waals surface area contributed by atoms with E-state index in [1.165, 1.54) is 25.5 Å². The Morgan fingerprint density at radius 2 is 1.89 bits per heavy atom. The van der Waals surface area contributed by atoms with E-state index < -0.39 is 28.5 Å². The molecule has 9 heteroatoms. The first-order valence-electron chi connectivity index (χ1n) is 7.85. The molecule has 0 atom stereocenters. The van der Waals surface area contributed by atoms with Crippen LogP contribution in [-0.4, -0.2) is 34.0 Å². The van der Waals surface area contributed by atoms with Crippen LogP contribution in [0.2, 0.25) is 0 Å². The van der Waals surface area contributed by atoms with E-state index in [1.54, 1.807) is 12.1 Å². The molecule has 2 aromatic rings. The molecule has 2 rings (SSSR count). The Kier molecular flexibility index (Phi) is 6.91. The lowest BCUT2D eigenvalue weighted by atomic mass is 10.2. The summed E-state index contributed by atoms with van der Waals surface area (Å²) in [6.07, 6.45) is 2.67. The van der Waals surface area contributed by atoms with Crippen molar-refractivity contribution in [3.05, 3.63) is 64.5 Å². The number of hydrogen-bond donors (Lipinski definition) is 1. The molecule has 0 unspecified atom stereocenters. The zero-order valence-corrected chi connectivity index (χ0v) is 15.6. The van der Waals surface area contributed by atoms with Crippen LogP contribution in [0, 0.1) is 6.92 Å². The van der Waals surface area contributed by atoms with Crippen LogP contribution >= 0.6 is 0 Å². The maximum absolute atomic E-state index is 11.9. The number of furan rings is 1. The molecule has 27 heavy (non-hydrogen) atoms. The van der Waals surface area contributed by atoms with Gasteiger partial charge in [-0.3, -0.25) is 4.79 Å². The Labute approximate surface area is 156 Å². The number of sulfonamides is 1. The molecule has 0 aliphatic rings. The normalized spacial score (nSPS) is 11.5. The first-order valence-corrected chi connectivity index (χ1v) is 9.40. The van der Waals surface area contributed by atoms with Crippen LogP contribution < -0.4 is 4.72 Å². The molecule has 0 saturated carbocycles. The first kappa shape index (κ1) is 20.4. The van der Waals surface area contributed by atoms with E-state index in [-0.39, 0.29) is 17.9 Å². The quantitative estimate of drug-likeness (QED) is 0.683. The SMILES string of the molecule is COC(=O)c1ccoc1COC(=O)CNS(=O)(=O)/C=C/c1ccc(C)cc1. The Morgan fingerprint density at radius 3 is 2.56 bits per heavy atom. The molecule has 0 spiro atoms. The van der Waals surface area contributed by atoms with Crippen LogP contribution in [-0.2, 0) is 30.9 Å². The molecule has 0 radical (unpaired) electrons. The predicted molar refractivity (Wildman–Crippen MR) is 97.0 cm³/mol. The third-order valence-electron chi connectivity index (χ3n) is 3.45. The number of hydrogen-bond acceptors (Lipinski definition) is 7. The largest absolute Gasteiger partial charge is 0.465 e. The third kappa shape index (κ3) is 6.39. The number of nitrogens with one attached hydrogen (secondary N) is 1. The second kappa shape index (κ2) is 9.15. The highest BCUT2D eigenvalue weighted by molar-refractivity contribution is 7.92. The van der Waals surface area contributed by atoms with Gasteiger partial charge in [-0.25, -0.2) is 17.9 Å². The summed E-state index contributed by atoms with van der Waals surface area (Å²) in [6.45, 7) is 1.04. The molecule has 0 aliphatic heterocycles. The highest BCUT2D eigenvalue weighted by Gasteiger charge is 2.17. The van der Waals surface area contributed by atoms with Gasteiger partial charge in [-0.2, -0.15) is 0 Å². The van der Waals surface area contributed by atoms with Gasteiger partial charge in [0.05, 0.1) is 13.4 Å². The molecule has 0 aliphatic carbocycles. The van der Waals surface area contributed by atoms with Crippen LogP contribution in [0.15, 0.2) is 46.4 Å². The lowest BCUT2D eigenvalue weighted by Crippen LogP contribution is -2.29. The first-order chi connectivity index (χ1) is 12.8. The van der Waals surface area contributed by atoms with Crippen molar-refractivity contribution < 1.29 is 31.9 Å². The third-order valence-corrected chi connectivity index (χ3v) is 4.49. The number of benzene rings is 1. The second-order valence-electron chi connectivity index (χ2n) is 5.49. The standard InChI is InChI=1S/C18H19NO7S/c1-13-3-5-14(6-4-13)8-10-27(22,23)19-11-17(20)26-12-16-15(7-9-25-16)18(21)24-2/h3-10,19H,11-12H2,1-2H3/b10-8+. The molecule has 0 fully saturated rings. The molecule has 1 heterocycles. The maximum Gasteiger partial charge on any atom is 0.341 e. The van der Waals surface area contributed by atoms with Gasteiger partial charge in [0.2, 0.25) is 10.0 Å². The minimum absolute atomic E-state index is 0.109. The Bertz CT molecular complexity index is 927. The van der Waals surface area contributed by atoms with E-state index in [4.69, 9.17) is 9.15 Å². The molecular formula is C18H19NO7S. The van der Waals surface area contributed by atoms with Crippen molar-refractivity contribution in [2.24, 2.45) is 0 Å². The fourth-order valence-electron chi connectivity index (χ4n) is 1.99. The number of carbonyl (C=O) groups is 2. The highest BCUT2D eigenvalue weighted by atomic mass is 32.2. The van der Waals surface area contributed by atoms with Gasteiger partial charge in [0.15, 0.2) is 5.76 Å². The van der Waals surface area contributed by atoms with Gasteiger partial charge in [-0.15, -0.1) is 0 Å². The minimum atomic E-state index is -3.81. The summed E-state index contributed by atoms with van der Waals surface area (Å²) in [5.41, 5.74) is 1.90. The number of esters is 2. The molecule has 144 valence electrons. The molecule has 0 amide bonds. The topological polar surface area (TPSA) is 112 Å². The summed E-state index contributed by atoms with van der Waals surface area (Å²) in [5.74, 6) is -1.34. The summed E-state index contributed by atoms with van der Waals surface area (Å²) in [4.78, 5) is 23.2. The van der Waals surface area contributed by atoms with Crippen LogP contribution in [0.1, 0.15) is 27.2 Å². The van der Waals surface area contributed by atoms with E-state index in [9.17, 15) is 18.0 Å².